The van der Waals surface area contributed by atoms with Crippen LogP contribution in [0.2, 0.25) is 0 Å². The summed E-state index contributed by atoms with van der Waals surface area (Å²) >= 11 is 0. The molecule has 30 heavy (non-hydrogen) atoms. The van der Waals surface area contributed by atoms with Crippen molar-refractivity contribution in [2.75, 3.05) is 20.2 Å². The first kappa shape index (κ1) is 19.9. The number of hydrogen-bond donors (Lipinski definition) is 3. The molecule has 0 amide bonds. The quantitative estimate of drug-likeness (QED) is 0.439. The van der Waals surface area contributed by atoms with E-state index in [1.165, 1.54) is 18.2 Å². The van der Waals surface area contributed by atoms with Crippen LogP contribution in [0.15, 0.2) is 45.6 Å². The highest BCUT2D eigenvalue weighted by Crippen LogP contribution is 2.44. The first-order valence-electron chi connectivity index (χ1n) is 9.40. The SMILES string of the molecule is CN1CCC(c2c(O)cc(O)c3c(=O)cc(-c4cccc([N+](=O)[O-])c4)oc23)C1CO. The Labute approximate surface area is 170 Å². The van der Waals surface area contributed by atoms with Gasteiger partial charge in [0.2, 0.25) is 0 Å². The molecule has 9 heteroatoms. The third-order valence-corrected chi connectivity index (χ3v) is 5.72. The van der Waals surface area contributed by atoms with Gasteiger partial charge in [-0.1, -0.05) is 12.1 Å². The minimum atomic E-state index is -0.550. The topological polar surface area (TPSA) is 137 Å². The van der Waals surface area contributed by atoms with Crippen LogP contribution in [0.5, 0.6) is 11.5 Å². The minimum absolute atomic E-state index is 0.0141. The first-order valence-corrected chi connectivity index (χ1v) is 9.40. The summed E-state index contributed by atoms with van der Waals surface area (Å²) in [6, 6.07) is 7.63. The van der Waals surface area contributed by atoms with Gasteiger partial charge < -0.3 is 24.6 Å². The average Bonchev–Trinajstić information content (AvgIpc) is 3.07. The highest BCUT2D eigenvalue weighted by Gasteiger charge is 2.36. The zero-order chi connectivity index (χ0) is 21.6. The molecule has 2 aromatic carbocycles. The minimum Gasteiger partial charge on any atom is -0.507 e. The van der Waals surface area contributed by atoms with Crippen LogP contribution < -0.4 is 5.43 Å². The van der Waals surface area contributed by atoms with Gasteiger partial charge in [0, 0.05) is 47.4 Å². The Morgan fingerprint density at radius 2 is 2.00 bits per heavy atom. The Morgan fingerprint density at radius 1 is 1.23 bits per heavy atom. The first-order chi connectivity index (χ1) is 14.3. The molecule has 0 bridgehead atoms. The molecule has 1 aromatic heterocycles. The summed E-state index contributed by atoms with van der Waals surface area (Å²) in [7, 11) is 1.85. The van der Waals surface area contributed by atoms with Crippen LogP contribution in [-0.4, -0.2) is 51.4 Å². The van der Waals surface area contributed by atoms with Gasteiger partial charge in [-0.3, -0.25) is 14.9 Å². The maximum atomic E-state index is 12.8. The molecule has 156 valence electrons. The lowest BCUT2D eigenvalue weighted by molar-refractivity contribution is -0.384. The number of likely N-dealkylation sites (tertiary alicyclic amines) is 1. The van der Waals surface area contributed by atoms with E-state index in [-0.39, 0.29) is 46.7 Å². The number of nitro benzene ring substituents is 1. The number of phenolic OH excluding ortho intramolecular Hbond substituents is 2. The van der Waals surface area contributed by atoms with Crippen molar-refractivity contribution in [3.05, 3.63) is 62.3 Å². The molecule has 1 saturated heterocycles. The summed E-state index contributed by atoms with van der Waals surface area (Å²) < 4.78 is 5.95. The van der Waals surface area contributed by atoms with Crippen molar-refractivity contribution >= 4 is 16.7 Å². The lowest BCUT2D eigenvalue weighted by Gasteiger charge is -2.24. The molecule has 1 aliphatic rings. The second-order valence-electron chi connectivity index (χ2n) is 7.44. The average molecular weight is 412 g/mol. The molecule has 1 fully saturated rings. The molecule has 2 atom stereocenters. The fraction of sp³-hybridized carbons (Fsp3) is 0.286. The third kappa shape index (κ3) is 3.17. The molecule has 0 radical (unpaired) electrons. The van der Waals surface area contributed by atoms with Crippen LogP contribution in [-0.2, 0) is 0 Å². The van der Waals surface area contributed by atoms with E-state index in [2.05, 4.69) is 0 Å². The van der Waals surface area contributed by atoms with Crippen molar-refractivity contribution in [3.8, 4) is 22.8 Å². The molecular formula is C21H20N2O7. The van der Waals surface area contributed by atoms with E-state index in [4.69, 9.17) is 4.42 Å². The van der Waals surface area contributed by atoms with Crippen LogP contribution in [0.25, 0.3) is 22.3 Å². The van der Waals surface area contributed by atoms with Crippen molar-refractivity contribution < 1.29 is 24.7 Å². The molecule has 2 heterocycles. The summed E-state index contributed by atoms with van der Waals surface area (Å²) in [5.41, 5.74) is -0.0366. The third-order valence-electron chi connectivity index (χ3n) is 5.72. The van der Waals surface area contributed by atoms with Gasteiger partial charge >= 0.3 is 0 Å². The van der Waals surface area contributed by atoms with Gasteiger partial charge in [-0.05, 0) is 20.0 Å². The maximum Gasteiger partial charge on any atom is 0.270 e. The Kier molecular flexibility index (Phi) is 4.92. The number of rotatable bonds is 4. The molecule has 1 aliphatic heterocycles. The highest BCUT2D eigenvalue weighted by atomic mass is 16.6. The van der Waals surface area contributed by atoms with Gasteiger partial charge in [0.1, 0.15) is 28.2 Å². The van der Waals surface area contributed by atoms with Crippen LogP contribution in [0.4, 0.5) is 5.69 Å². The highest BCUT2D eigenvalue weighted by molar-refractivity contribution is 5.89. The number of hydrogen-bond acceptors (Lipinski definition) is 8. The van der Waals surface area contributed by atoms with Crippen LogP contribution in [0, 0.1) is 10.1 Å². The van der Waals surface area contributed by atoms with Gasteiger partial charge in [0.15, 0.2) is 5.43 Å². The second-order valence-corrected chi connectivity index (χ2v) is 7.44. The molecule has 0 spiro atoms. The van der Waals surface area contributed by atoms with Crippen molar-refractivity contribution in [2.24, 2.45) is 0 Å². The number of benzene rings is 2. The normalized spacial score (nSPS) is 19.4. The molecule has 0 saturated carbocycles. The number of aliphatic hydroxyl groups is 1. The Hall–Kier alpha value is -3.43. The van der Waals surface area contributed by atoms with Gasteiger partial charge in [-0.25, -0.2) is 0 Å². The number of fused-ring (bicyclic) bond motifs is 1. The number of aromatic hydroxyl groups is 2. The Bertz CT molecular complexity index is 1200. The molecule has 2 unspecified atom stereocenters. The van der Waals surface area contributed by atoms with Gasteiger partial charge in [0.05, 0.1) is 11.5 Å². The molecular weight excluding hydrogens is 392 g/mol. The van der Waals surface area contributed by atoms with E-state index in [0.29, 0.717) is 24.1 Å². The number of likely N-dealkylation sites (N-methyl/N-ethyl adjacent to an activating group) is 1. The van der Waals surface area contributed by atoms with E-state index >= 15 is 0 Å². The van der Waals surface area contributed by atoms with E-state index in [1.807, 2.05) is 11.9 Å². The standard InChI is InChI=1S/C21H20N2O7/c1-22-6-5-13(14(22)10-24)19-15(25)8-16(26)20-17(27)9-18(30-21(19)20)11-3-2-4-12(7-11)23(28)29/h2-4,7-9,13-14,24-26H,5-6,10H2,1H3. The molecule has 0 aliphatic carbocycles. The summed E-state index contributed by atoms with van der Waals surface area (Å²) in [4.78, 5) is 25.3. The Morgan fingerprint density at radius 3 is 2.70 bits per heavy atom. The summed E-state index contributed by atoms with van der Waals surface area (Å²) in [6.45, 7) is 0.518. The number of phenols is 2. The summed E-state index contributed by atoms with van der Waals surface area (Å²) in [5, 5.41) is 41.7. The van der Waals surface area contributed by atoms with E-state index in [1.54, 1.807) is 6.07 Å². The molecule has 3 aromatic rings. The lowest BCUT2D eigenvalue weighted by atomic mass is 9.89. The lowest BCUT2D eigenvalue weighted by Crippen LogP contribution is -2.32. The van der Waals surface area contributed by atoms with E-state index < -0.39 is 16.1 Å². The number of nitro groups is 1. The van der Waals surface area contributed by atoms with Crippen molar-refractivity contribution in [2.45, 2.75) is 18.4 Å². The maximum absolute atomic E-state index is 12.8. The molecule has 3 N–H and O–H groups in total. The van der Waals surface area contributed by atoms with Crippen LogP contribution in [0.1, 0.15) is 17.9 Å². The molecule has 4 rings (SSSR count). The molecule has 9 nitrogen and oxygen atoms in total. The predicted octanol–water partition coefficient (Wildman–Crippen LogP) is 2.56. The summed E-state index contributed by atoms with van der Waals surface area (Å²) in [5.74, 6) is -0.906. The van der Waals surface area contributed by atoms with Crippen LogP contribution in [0.3, 0.4) is 0 Å². The van der Waals surface area contributed by atoms with Gasteiger partial charge in [-0.15, -0.1) is 0 Å². The fourth-order valence-electron chi connectivity index (χ4n) is 4.21. The fourth-order valence-corrected chi connectivity index (χ4v) is 4.21. The number of aliphatic hydroxyl groups excluding tert-OH is 1. The number of nitrogens with zero attached hydrogens (tertiary/aromatic N) is 2. The largest absolute Gasteiger partial charge is 0.507 e. The predicted molar refractivity (Wildman–Crippen MR) is 109 cm³/mol. The second kappa shape index (κ2) is 7.43. The zero-order valence-corrected chi connectivity index (χ0v) is 16.1. The van der Waals surface area contributed by atoms with Crippen molar-refractivity contribution in [1.29, 1.82) is 0 Å². The van der Waals surface area contributed by atoms with Gasteiger partial charge in [0.25, 0.3) is 5.69 Å². The zero-order valence-electron chi connectivity index (χ0n) is 16.1. The van der Waals surface area contributed by atoms with Crippen LogP contribution >= 0.6 is 0 Å². The van der Waals surface area contributed by atoms with Crippen molar-refractivity contribution in [3.63, 3.8) is 0 Å². The van der Waals surface area contributed by atoms with Gasteiger partial charge in [-0.2, -0.15) is 0 Å². The van der Waals surface area contributed by atoms with Crippen molar-refractivity contribution in [1.82, 2.24) is 4.90 Å². The Balaban J connectivity index is 1.99. The smallest absolute Gasteiger partial charge is 0.270 e. The van der Waals surface area contributed by atoms with E-state index in [0.717, 1.165) is 12.1 Å². The van der Waals surface area contributed by atoms with E-state index in [9.17, 15) is 30.2 Å². The number of non-ortho nitro benzene ring substituents is 1. The monoisotopic (exact) mass is 412 g/mol. The summed E-state index contributed by atoms with van der Waals surface area (Å²) in [6.07, 6.45) is 0.611.